The monoisotopic (exact) mass is 270 g/mol. The first-order valence-electron chi connectivity index (χ1n) is 4.97. The first-order chi connectivity index (χ1) is 8.58. The maximum absolute atomic E-state index is 10.8. The number of hydrogen-bond donors (Lipinski definition) is 2. The second-order valence-electron chi connectivity index (χ2n) is 3.47. The maximum Gasteiger partial charge on any atom is 0.335 e. The van der Waals surface area contributed by atoms with Gasteiger partial charge in [-0.05, 0) is 24.3 Å². The van der Waals surface area contributed by atoms with Gasteiger partial charge in [-0.25, -0.2) is 9.59 Å². The van der Waals surface area contributed by atoms with E-state index in [1.807, 2.05) is 0 Å². The summed E-state index contributed by atoms with van der Waals surface area (Å²) in [6, 6.07) is 5.40. The Morgan fingerprint density at radius 3 is 1.53 bits per heavy atom. The fraction of sp³-hybridized carbons (Fsp3) is 0. The number of rotatable bonds is 3. The molecule has 2 rings (SSSR count). The number of carbonyl (C=O) groups is 2. The molecule has 0 aliphatic heterocycles. The van der Waals surface area contributed by atoms with E-state index in [2.05, 4.69) is 9.97 Å². The second-order valence-corrected chi connectivity index (χ2v) is 3.47. The van der Waals surface area contributed by atoms with E-state index in [0.29, 0.717) is 11.4 Å². The highest BCUT2D eigenvalue weighted by atomic mass is 24.3. The minimum absolute atomic E-state index is 0. The number of carboxylic acids is 2. The zero-order chi connectivity index (χ0) is 13.1. The Hall–Kier alpha value is -1.99. The first-order valence-corrected chi connectivity index (χ1v) is 4.97. The number of aromatic nitrogens is 2. The number of nitrogens with zero attached hydrogens (tertiary/aromatic N) is 2. The van der Waals surface area contributed by atoms with Crippen LogP contribution in [0.15, 0.2) is 36.7 Å². The van der Waals surface area contributed by atoms with Gasteiger partial charge in [0.25, 0.3) is 0 Å². The summed E-state index contributed by atoms with van der Waals surface area (Å²) in [5.41, 5.74) is 0.779. The molecule has 7 heteroatoms. The molecule has 0 fully saturated rings. The molecule has 0 aliphatic rings. The van der Waals surface area contributed by atoms with Crippen LogP contribution in [0.3, 0.4) is 0 Å². The van der Waals surface area contributed by atoms with Gasteiger partial charge in [0.15, 0.2) is 0 Å². The third kappa shape index (κ3) is 3.49. The molecule has 0 amide bonds. The molecular formula is C12H10MgN2O4. The van der Waals surface area contributed by atoms with E-state index in [4.69, 9.17) is 10.2 Å². The van der Waals surface area contributed by atoms with Crippen molar-refractivity contribution in [2.75, 3.05) is 0 Å². The Bertz CT molecular complexity index is 575. The smallest absolute Gasteiger partial charge is 0.335 e. The third-order valence-electron chi connectivity index (χ3n) is 2.28. The van der Waals surface area contributed by atoms with Gasteiger partial charge in [-0.1, -0.05) is 0 Å². The number of carboxylic acid groups (broad SMARTS) is 2. The van der Waals surface area contributed by atoms with Crippen molar-refractivity contribution in [2.24, 2.45) is 0 Å². The Kier molecular flexibility index (Phi) is 4.96. The largest absolute Gasteiger partial charge is 0.478 e. The van der Waals surface area contributed by atoms with Crippen LogP contribution in [0.25, 0.3) is 11.4 Å². The fourth-order valence-corrected chi connectivity index (χ4v) is 1.41. The lowest BCUT2D eigenvalue weighted by molar-refractivity contribution is 0.0686. The van der Waals surface area contributed by atoms with E-state index in [1.165, 1.54) is 36.7 Å². The molecule has 94 valence electrons. The zero-order valence-corrected chi connectivity index (χ0v) is 9.07. The van der Waals surface area contributed by atoms with Gasteiger partial charge < -0.3 is 10.2 Å². The van der Waals surface area contributed by atoms with Gasteiger partial charge in [0, 0.05) is 12.4 Å². The lowest BCUT2D eigenvalue weighted by Gasteiger charge is -2.02. The highest BCUT2D eigenvalue weighted by molar-refractivity contribution is 5.90. The molecule has 6 nitrogen and oxygen atoms in total. The van der Waals surface area contributed by atoms with Crippen molar-refractivity contribution in [3.8, 4) is 11.4 Å². The van der Waals surface area contributed by atoms with E-state index in [1.54, 1.807) is 0 Å². The molecule has 0 spiro atoms. The molecule has 2 heterocycles. The summed E-state index contributed by atoms with van der Waals surface area (Å²) in [4.78, 5) is 29.6. The Balaban J connectivity index is 0.00000180. The Labute approximate surface area is 124 Å². The number of hydrogen-bond acceptors (Lipinski definition) is 4. The van der Waals surface area contributed by atoms with Crippen LogP contribution in [-0.2, 0) is 0 Å². The average Bonchev–Trinajstić information content (AvgIpc) is 2.39. The minimum Gasteiger partial charge on any atom is -0.478 e. The van der Waals surface area contributed by atoms with Gasteiger partial charge in [-0.2, -0.15) is 0 Å². The molecule has 0 radical (unpaired) electrons. The molecular weight excluding hydrogens is 260 g/mol. The van der Waals surface area contributed by atoms with Crippen molar-refractivity contribution in [3.05, 3.63) is 47.8 Å². The van der Waals surface area contributed by atoms with Crippen LogP contribution in [-0.4, -0.2) is 55.2 Å². The predicted octanol–water partition coefficient (Wildman–Crippen LogP) is 0.624. The summed E-state index contributed by atoms with van der Waals surface area (Å²) in [6.45, 7) is 0. The molecule has 0 bridgehead atoms. The quantitative estimate of drug-likeness (QED) is 0.793. The highest BCUT2D eigenvalue weighted by Crippen LogP contribution is 2.16. The van der Waals surface area contributed by atoms with Crippen LogP contribution in [0.2, 0.25) is 0 Å². The summed E-state index contributed by atoms with van der Waals surface area (Å²) in [5.74, 6) is -2.15. The summed E-state index contributed by atoms with van der Waals surface area (Å²) in [6.07, 6.45) is 2.68. The van der Waals surface area contributed by atoms with Gasteiger partial charge >= 0.3 is 35.0 Å². The van der Waals surface area contributed by atoms with Crippen LogP contribution in [0, 0.1) is 0 Å². The van der Waals surface area contributed by atoms with Crippen molar-refractivity contribution >= 4 is 35.0 Å². The van der Waals surface area contributed by atoms with E-state index in [9.17, 15) is 9.59 Å². The van der Waals surface area contributed by atoms with Gasteiger partial charge in [-0.3, -0.25) is 9.97 Å². The second kappa shape index (κ2) is 6.25. The third-order valence-corrected chi connectivity index (χ3v) is 2.28. The lowest BCUT2D eigenvalue weighted by Crippen LogP contribution is -2.00. The van der Waals surface area contributed by atoms with E-state index >= 15 is 0 Å². The number of pyridine rings is 2. The lowest BCUT2D eigenvalue weighted by atomic mass is 10.1. The Morgan fingerprint density at radius 1 is 0.842 bits per heavy atom. The first kappa shape index (κ1) is 15.1. The van der Waals surface area contributed by atoms with Crippen LogP contribution < -0.4 is 0 Å². The van der Waals surface area contributed by atoms with E-state index in [-0.39, 0.29) is 34.2 Å². The molecule has 0 aromatic carbocycles. The van der Waals surface area contributed by atoms with Crippen LogP contribution in [0.5, 0.6) is 0 Å². The van der Waals surface area contributed by atoms with Gasteiger partial charge in [0.05, 0.1) is 22.5 Å². The summed E-state index contributed by atoms with van der Waals surface area (Å²) < 4.78 is 0. The predicted molar refractivity (Wildman–Crippen MR) is 69.9 cm³/mol. The minimum atomic E-state index is -1.08. The zero-order valence-electron chi connectivity index (χ0n) is 9.07. The Morgan fingerprint density at radius 2 is 1.21 bits per heavy atom. The average molecular weight is 271 g/mol. The van der Waals surface area contributed by atoms with Crippen molar-refractivity contribution in [1.29, 1.82) is 0 Å². The SMILES string of the molecule is O=C(O)c1ccnc(-c2cc(C(=O)O)ccn2)c1.[MgH2]. The standard InChI is InChI=1S/C12H8N2O4.Mg.2H/c15-11(16)7-1-3-13-9(5-7)10-6-8(12(17)18)2-4-14-10;;;/h1-6H,(H,15,16)(H,17,18);;;. The summed E-state index contributed by atoms with van der Waals surface area (Å²) >= 11 is 0. The van der Waals surface area contributed by atoms with Gasteiger partial charge in [-0.15, -0.1) is 0 Å². The molecule has 0 saturated heterocycles. The molecule has 2 aromatic rings. The molecule has 19 heavy (non-hydrogen) atoms. The molecule has 2 aromatic heterocycles. The van der Waals surface area contributed by atoms with Crippen molar-refractivity contribution in [1.82, 2.24) is 9.97 Å². The van der Waals surface area contributed by atoms with Gasteiger partial charge in [0.1, 0.15) is 0 Å². The van der Waals surface area contributed by atoms with Crippen molar-refractivity contribution in [3.63, 3.8) is 0 Å². The molecule has 0 unspecified atom stereocenters. The van der Waals surface area contributed by atoms with E-state index in [0.717, 1.165) is 0 Å². The van der Waals surface area contributed by atoms with Crippen LogP contribution >= 0.6 is 0 Å². The van der Waals surface area contributed by atoms with Crippen molar-refractivity contribution < 1.29 is 19.8 Å². The topological polar surface area (TPSA) is 100 Å². The molecule has 0 saturated carbocycles. The number of aromatic carboxylic acids is 2. The van der Waals surface area contributed by atoms with Crippen LogP contribution in [0.4, 0.5) is 0 Å². The fourth-order valence-electron chi connectivity index (χ4n) is 1.41. The molecule has 2 N–H and O–H groups in total. The van der Waals surface area contributed by atoms with Gasteiger partial charge in [0.2, 0.25) is 0 Å². The highest BCUT2D eigenvalue weighted by Gasteiger charge is 2.09. The normalized spacial score (nSPS) is 9.47. The maximum atomic E-state index is 10.8. The summed E-state index contributed by atoms with van der Waals surface area (Å²) in [7, 11) is 0. The van der Waals surface area contributed by atoms with E-state index < -0.39 is 11.9 Å². The molecule has 0 atom stereocenters. The molecule has 0 aliphatic carbocycles. The summed E-state index contributed by atoms with van der Waals surface area (Å²) in [5, 5.41) is 17.7. The van der Waals surface area contributed by atoms with Crippen molar-refractivity contribution in [2.45, 2.75) is 0 Å². The van der Waals surface area contributed by atoms with Crippen LogP contribution in [0.1, 0.15) is 20.7 Å².